The monoisotopic (exact) mass is 477 g/mol. The van der Waals surface area contributed by atoms with Gasteiger partial charge in [0.05, 0.1) is 22.9 Å². The van der Waals surface area contributed by atoms with Gasteiger partial charge in [-0.25, -0.2) is 23.5 Å². The summed E-state index contributed by atoms with van der Waals surface area (Å²) in [6, 6.07) is 4.78. The number of aromatic nitrogens is 2. The van der Waals surface area contributed by atoms with Gasteiger partial charge in [-0.15, -0.1) is 0 Å². The van der Waals surface area contributed by atoms with Gasteiger partial charge in [0.2, 0.25) is 0 Å². The van der Waals surface area contributed by atoms with Crippen LogP contribution in [0.25, 0.3) is 10.2 Å². The van der Waals surface area contributed by atoms with Crippen LogP contribution in [0.15, 0.2) is 30.5 Å². The van der Waals surface area contributed by atoms with Crippen molar-refractivity contribution in [3.05, 3.63) is 47.7 Å². The number of aliphatic hydroxyl groups is 2. The van der Waals surface area contributed by atoms with Crippen LogP contribution >= 0.6 is 11.3 Å². The molecule has 0 spiro atoms. The van der Waals surface area contributed by atoms with Gasteiger partial charge < -0.3 is 20.0 Å². The Labute approximate surface area is 193 Å². The smallest absolute Gasteiger partial charge is 0.324 e. The fourth-order valence-electron chi connectivity index (χ4n) is 4.16. The normalized spacial score (nSPS) is 19.7. The highest BCUT2D eigenvalue weighted by molar-refractivity contribution is 7.22. The van der Waals surface area contributed by atoms with Gasteiger partial charge in [0, 0.05) is 37.8 Å². The SMILES string of the molecule is C[C@@H]1CN(c2ncc(C[C@H](O)CO)cc2F)C[C@H](C)N1C(=O)Nc1nc2ccc(F)cc2s1. The number of carbonyl (C=O) groups excluding carboxylic acids is 1. The van der Waals surface area contributed by atoms with E-state index in [2.05, 4.69) is 15.3 Å². The Hall–Kier alpha value is -2.89. The number of benzene rings is 1. The number of halogens is 2. The number of carbonyl (C=O) groups is 1. The van der Waals surface area contributed by atoms with Crippen molar-refractivity contribution >= 4 is 38.5 Å². The molecule has 1 aliphatic heterocycles. The number of rotatable bonds is 5. The molecule has 1 aromatic carbocycles. The number of aliphatic hydroxyl groups excluding tert-OH is 2. The predicted molar refractivity (Wildman–Crippen MR) is 123 cm³/mol. The molecule has 1 aliphatic rings. The van der Waals surface area contributed by atoms with Crippen molar-refractivity contribution in [1.82, 2.24) is 14.9 Å². The molecule has 8 nitrogen and oxygen atoms in total. The molecular weight excluding hydrogens is 452 g/mol. The maximum atomic E-state index is 14.7. The molecule has 2 aromatic heterocycles. The summed E-state index contributed by atoms with van der Waals surface area (Å²) < 4.78 is 28.8. The summed E-state index contributed by atoms with van der Waals surface area (Å²) in [5, 5.41) is 21.7. The van der Waals surface area contributed by atoms with Crippen molar-refractivity contribution in [2.75, 3.05) is 29.9 Å². The van der Waals surface area contributed by atoms with E-state index in [0.29, 0.717) is 34.0 Å². The lowest BCUT2D eigenvalue weighted by molar-refractivity contribution is 0.0954. The van der Waals surface area contributed by atoms with Crippen LogP contribution in [-0.2, 0) is 6.42 Å². The van der Waals surface area contributed by atoms with Crippen molar-refractivity contribution in [3.63, 3.8) is 0 Å². The van der Waals surface area contributed by atoms with E-state index in [1.165, 1.54) is 35.7 Å². The number of hydrogen-bond acceptors (Lipinski definition) is 7. The Balaban J connectivity index is 1.44. The van der Waals surface area contributed by atoms with Crippen molar-refractivity contribution in [3.8, 4) is 0 Å². The Morgan fingerprint density at radius 3 is 2.67 bits per heavy atom. The first-order valence-electron chi connectivity index (χ1n) is 10.6. The fraction of sp³-hybridized carbons (Fsp3) is 0.409. The van der Waals surface area contributed by atoms with Gasteiger partial charge in [0.25, 0.3) is 0 Å². The quantitative estimate of drug-likeness (QED) is 0.522. The van der Waals surface area contributed by atoms with Gasteiger partial charge in [-0.2, -0.15) is 0 Å². The van der Waals surface area contributed by atoms with Gasteiger partial charge >= 0.3 is 6.03 Å². The molecule has 4 rings (SSSR count). The van der Waals surface area contributed by atoms with Gasteiger partial charge in [-0.05, 0) is 43.7 Å². The maximum absolute atomic E-state index is 14.7. The predicted octanol–water partition coefficient (Wildman–Crippen LogP) is 3.00. The second-order valence-electron chi connectivity index (χ2n) is 8.26. The molecule has 0 saturated carbocycles. The first-order chi connectivity index (χ1) is 15.7. The molecule has 0 bridgehead atoms. The molecule has 1 saturated heterocycles. The first-order valence-corrected chi connectivity index (χ1v) is 11.4. The molecule has 3 aromatic rings. The second kappa shape index (κ2) is 9.54. The minimum absolute atomic E-state index is 0.111. The van der Waals surface area contributed by atoms with Crippen LogP contribution in [-0.4, -0.2) is 69.0 Å². The maximum Gasteiger partial charge on any atom is 0.324 e. The average molecular weight is 478 g/mol. The standard InChI is InChI=1S/C22H25F2N5O3S/c1-12-9-28(20-17(24)6-14(8-25-20)5-16(31)11-30)10-13(2)29(12)22(32)27-21-26-18-4-3-15(23)7-19(18)33-21/h3-4,6-8,12-13,16,30-31H,5,9-11H2,1-2H3,(H,26,27,32)/t12-,13+,16-/m0/s1. The lowest BCUT2D eigenvalue weighted by atomic mass is 10.1. The lowest BCUT2D eigenvalue weighted by Gasteiger charge is -2.44. The van der Waals surface area contributed by atoms with Crippen molar-refractivity contribution < 1.29 is 23.8 Å². The van der Waals surface area contributed by atoms with E-state index in [0.717, 1.165) is 0 Å². The van der Waals surface area contributed by atoms with E-state index in [-0.39, 0.29) is 36.2 Å². The Morgan fingerprint density at radius 1 is 1.27 bits per heavy atom. The Bertz CT molecular complexity index is 1150. The first kappa shape index (κ1) is 23.3. The lowest BCUT2D eigenvalue weighted by Crippen LogP contribution is -2.60. The van der Waals surface area contributed by atoms with Gasteiger partial charge in [-0.3, -0.25) is 5.32 Å². The summed E-state index contributed by atoms with van der Waals surface area (Å²) in [5.74, 6) is -0.693. The highest BCUT2D eigenvalue weighted by Crippen LogP contribution is 2.28. The number of piperazine rings is 1. The number of nitrogens with zero attached hydrogens (tertiary/aromatic N) is 4. The number of urea groups is 1. The summed E-state index contributed by atoms with van der Waals surface area (Å²) >= 11 is 1.20. The average Bonchev–Trinajstić information content (AvgIpc) is 3.14. The van der Waals surface area contributed by atoms with E-state index in [1.54, 1.807) is 15.9 Å². The second-order valence-corrected chi connectivity index (χ2v) is 9.29. The van der Waals surface area contributed by atoms with Crippen molar-refractivity contribution in [2.45, 2.75) is 38.5 Å². The Kier molecular flexibility index (Phi) is 6.73. The number of hydrogen-bond donors (Lipinski definition) is 3. The third-order valence-corrected chi connectivity index (χ3v) is 6.51. The van der Waals surface area contributed by atoms with Crippen LogP contribution in [0, 0.1) is 11.6 Å². The number of anilines is 2. The molecule has 11 heteroatoms. The minimum atomic E-state index is -0.964. The van der Waals surface area contributed by atoms with Crippen LogP contribution in [0.4, 0.5) is 24.5 Å². The molecular formula is C22H25F2N5O3S. The molecule has 3 heterocycles. The molecule has 3 N–H and O–H groups in total. The zero-order chi connectivity index (χ0) is 23.7. The molecule has 0 radical (unpaired) electrons. The van der Waals surface area contributed by atoms with Gasteiger partial charge in [0.1, 0.15) is 5.82 Å². The molecule has 3 atom stereocenters. The largest absolute Gasteiger partial charge is 0.394 e. The molecule has 1 fully saturated rings. The highest BCUT2D eigenvalue weighted by Gasteiger charge is 2.34. The van der Waals surface area contributed by atoms with E-state index < -0.39 is 18.5 Å². The third kappa shape index (κ3) is 5.05. The van der Waals surface area contributed by atoms with Crippen LogP contribution in [0.1, 0.15) is 19.4 Å². The number of pyridine rings is 1. The van der Waals surface area contributed by atoms with E-state index in [1.807, 2.05) is 13.8 Å². The summed E-state index contributed by atoms with van der Waals surface area (Å²) in [7, 11) is 0. The third-order valence-electron chi connectivity index (χ3n) is 5.58. The summed E-state index contributed by atoms with van der Waals surface area (Å²) in [6.07, 6.45) is 0.634. The van der Waals surface area contributed by atoms with Crippen molar-refractivity contribution in [2.24, 2.45) is 0 Å². The molecule has 33 heavy (non-hydrogen) atoms. The zero-order valence-corrected chi connectivity index (χ0v) is 19.0. The number of fused-ring (bicyclic) bond motifs is 1. The molecule has 176 valence electrons. The number of amides is 2. The number of thiazole rings is 1. The van der Waals surface area contributed by atoms with Crippen LogP contribution in [0.3, 0.4) is 0 Å². The molecule has 0 aliphatic carbocycles. The minimum Gasteiger partial charge on any atom is -0.394 e. The van der Waals surface area contributed by atoms with Crippen LogP contribution in [0.2, 0.25) is 0 Å². The van der Waals surface area contributed by atoms with E-state index in [4.69, 9.17) is 5.11 Å². The highest BCUT2D eigenvalue weighted by atomic mass is 32.1. The fourth-order valence-corrected chi connectivity index (χ4v) is 5.04. The van der Waals surface area contributed by atoms with Crippen LogP contribution < -0.4 is 10.2 Å². The zero-order valence-electron chi connectivity index (χ0n) is 18.2. The van der Waals surface area contributed by atoms with E-state index in [9.17, 15) is 18.7 Å². The topological polar surface area (TPSA) is 102 Å². The number of nitrogens with one attached hydrogen (secondary N) is 1. The molecule has 0 unspecified atom stereocenters. The van der Waals surface area contributed by atoms with Gasteiger partial charge in [-0.1, -0.05) is 11.3 Å². The van der Waals surface area contributed by atoms with Crippen LogP contribution in [0.5, 0.6) is 0 Å². The summed E-state index contributed by atoms with van der Waals surface area (Å²) in [4.78, 5) is 25.0. The summed E-state index contributed by atoms with van der Waals surface area (Å²) in [5.41, 5.74) is 1.10. The summed E-state index contributed by atoms with van der Waals surface area (Å²) in [6.45, 7) is 4.10. The molecule has 2 amide bonds. The Morgan fingerprint density at radius 2 is 2.00 bits per heavy atom. The van der Waals surface area contributed by atoms with Gasteiger partial charge in [0.15, 0.2) is 16.8 Å². The van der Waals surface area contributed by atoms with Crippen molar-refractivity contribution in [1.29, 1.82) is 0 Å². The van der Waals surface area contributed by atoms with E-state index >= 15 is 0 Å².